The summed E-state index contributed by atoms with van der Waals surface area (Å²) in [5.41, 5.74) is 5.71. The van der Waals surface area contributed by atoms with E-state index in [0.29, 0.717) is 22.7 Å². The molecular weight excluding hydrogens is 508 g/mol. The number of hydrogen-bond acceptors (Lipinski definition) is 6. The number of likely N-dealkylation sites (N-methyl/N-ethyl adjacent to an activating group) is 1. The highest BCUT2D eigenvalue weighted by molar-refractivity contribution is 7.14. The first-order valence-electron chi connectivity index (χ1n) is 13.4. The van der Waals surface area contributed by atoms with E-state index in [2.05, 4.69) is 73.5 Å². The van der Waals surface area contributed by atoms with Gasteiger partial charge < -0.3 is 20.1 Å². The summed E-state index contributed by atoms with van der Waals surface area (Å²) < 4.78 is 1.97. The second-order valence-corrected chi connectivity index (χ2v) is 12.3. The van der Waals surface area contributed by atoms with Crippen molar-refractivity contribution >= 4 is 34.0 Å². The molecule has 1 saturated heterocycles. The Hall–Kier alpha value is -3.56. The fraction of sp³-hybridized carbons (Fsp3) is 0.400. The minimum absolute atomic E-state index is 0.118. The third-order valence-corrected chi connectivity index (χ3v) is 8.15. The molecule has 3 aromatic rings. The quantitative estimate of drug-likeness (QED) is 0.466. The molecule has 1 aromatic carbocycles. The van der Waals surface area contributed by atoms with Crippen molar-refractivity contribution in [3.8, 4) is 11.3 Å². The van der Waals surface area contributed by atoms with Crippen LogP contribution in [0.5, 0.6) is 0 Å². The van der Waals surface area contributed by atoms with E-state index in [1.54, 1.807) is 12.3 Å². The summed E-state index contributed by atoms with van der Waals surface area (Å²) in [4.78, 5) is 37.1. The number of benzene rings is 1. The van der Waals surface area contributed by atoms with Gasteiger partial charge in [-0.3, -0.25) is 14.6 Å². The van der Waals surface area contributed by atoms with E-state index in [-0.39, 0.29) is 23.9 Å². The Morgan fingerprint density at radius 2 is 1.97 bits per heavy atom. The Bertz CT molecular complexity index is 1440. The zero-order chi connectivity index (χ0) is 27.7. The minimum Gasteiger partial charge on any atom is -0.348 e. The van der Waals surface area contributed by atoms with E-state index >= 15 is 0 Å². The van der Waals surface area contributed by atoms with Crippen LogP contribution < -0.4 is 10.6 Å². The number of allylic oxidation sites excluding steroid dienone is 1. The number of hydrogen-bond donors (Lipinski definition) is 2. The normalized spacial score (nSPS) is 19.6. The fourth-order valence-electron chi connectivity index (χ4n) is 4.96. The molecule has 5 rings (SSSR count). The molecule has 0 aliphatic carbocycles. The topological polar surface area (TPSA) is 91.6 Å². The Morgan fingerprint density at radius 1 is 1.18 bits per heavy atom. The standard InChI is InChI=1S/C30H36N6O2S/c1-19-23-14-25(32-24(19)10-11-35(5)16-23)20-7-6-8-21(13-20)26-18-39-29(33-26)34-27(37)15-31-28(38)22-9-12-36(17-22)30(2,3)4/h6-9,12-14,17-19,24H,10-11,15-16H2,1-5H3,(H,31,38)(H,33,34,37). The van der Waals surface area contributed by atoms with Crippen LogP contribution in [0.25, 0.3) is 11.3 Å². The summed E-state index contributed by atoms with van der Waals surface area (Å²) in [7, 11) is 2.17. The molecule has 2 unspecified atom stereocenters. The van der Waals surface area contributed by atoms with Crippen molar-refractivity contribution in [2.75, 3.05) is 32.0 Å². The molecule has 0 radical (unpaired) electrons. The van der Waals surface area contributed by atoms with Gasteiger partial charge in [-0.15, -0.1) is 11.3 Å². The molecule has 2 aliphatic rings. The molecule has 2 N–H and O–H groups in total. The molecule has 0 spiro atoms. The number of nitrogens with one attached hydrogen (secondary N) is 2. The number of anilines is 1. The number of carbonyl (C=O) groups excluding carboxylic acids is 2. The Labute approximate surface area is 233 Å². The maximum atomic E-state index is 12.5. The number of thiazole rings is 1. The van der Waals surface area contributed by atoms with Gasteiger partial charge in [0.2, 0.25) is 5.91 Å². The number of amides is 2. The van der Waals surface area contributed by atoms with Crippen molar-refractivity contribution in [1.82, 2.24) is 19.8 Å². The lowest BCUT2D eigenvalue weighted by atomic mass is 9.87. The van der Waals surface area contributed by atoms with E-state index in [4.69, 9.17) is 4.99 Å². The molecule has 2 aromatic heterocycles. The molecule has 2 bridgehead atoms. The first-order chi connectivity index (χ1) is 18.6. The zero-order valence-corrected chi connectivity index (χ0v) is 24.0. The van der Waals surface area contributed by atoms with Crippen LogP contribution in [0.2, 0.25) is 0 Å². The average molecular weight is 545 g/mol. The Balaban J connectivity index is 1.22. The molecule has 2 amide bonds. The van der Waals surface area contributed by atoms with Gasteiger partial charge in [0.25, 0.3) is 5.91 Å². The van der Waals surface area contributed by atoms with E-state index < -0.39 is 0 Å². The predicted molar refractivity (Wildman–Crippen MR) is 158 cm³/mol. The van der Waals surface area contributed by atoms with E-state index in [1.807, 2.05) is 28.3 Å². The fourth-order valence-corrected chi connectivity index (χ4v) is 5.70. The zero-order valence-electron chi connectivity index (χ0n) is 23.2. The number of likely N-dealkylation sites (tertiary alicyclic amines) is 1. The van der Waals surface area contributed by atoms with Gasteiger partial charge in [-0.05, 0) is 58.0 Å². The van der Waals surface area contributed by atoms with Gasteiger partial charge in [0.1, 0.15) is 0 Å². The van der Waals surface area contributed by atoms with Gasteiger partial charge in [0, 0.05) is 53.4 Å². The second kappa shape index (κ2) is 10.9. The van der Waals surface area contributed by atoms with E-state index in [9.17, 15) is 9.59 Å². The second-order valence-electron chi connectivity index (χ2n) is 11.4. The molecule has 8 nitrogen and oxygen atoms in total. The average Bonchev–Trinajstić information content (AvgIpc) is 3.57. The highest BCUT2D eigenvalue weighted by Crippen LogP contribution is 2.31. The monoisotopic (exact) mass is 544 g/mol. The van der Waals surface area contributed by atoms with Crippen molar-refractivity contribution in [1.29, 1.82) is 0 Å². The number of dihydropyridines is 1. The lowest BCUT2D eigenvalue weighted by molar-refractivity contribution is -0.115. The maximum absolute atomic E-state index is 12.5. The molecule has 0 saturated carbocycles. The highest BCUT2D eigenvalue weighted by Gasteiger charge is 2.29. The van der Waals surface area contributed by atoms with Crippen LogP contribution in [0.3, 0.4) is 0 Å². The molecule has 2 aliphatic heterocycles. The molecule has 204 valence electrons. The summed E-state index contributed by atoms with van der Waals surface area (Å²) in [5.74, 6) is -0.134. The first-order valence-corrected chi connectivity index (χ1v) is 14.2. The maximum Gasteiger partial charge on any atom is 0.253 e. The molecule has 2 atom stereocenters. The van der Waals surface area contributed by atoms with Crippen LogP contribution in [0.4, 0.5) is 5.13 Å². The summed E-state index contributed by atoms with van der Waals surface area (Å²) in [6.45, 7) is 10.4. The van der Waals surface area contributed by atoms with Crippen LogP contribution >= 0.6 is 11.3 Å². The lowest BCUT2D eigenvalue weighted by Crippen LogP contribution is -2.32. The van der Waals surface area contributed by atoms with Crippen LogP contribution in [0.15, 0.2) is 64.7 Å². The van der Waals surface area contributed by atoms with Gasteiger partial charge >= 0.3 is 0 Å². The number of rotatable bonds is 6. The van der Waals surface area contributed by atoms with E-state index in [0.717, 1.165) is 42.0 Å². The van der Waals surface area contributed by atoms with Crippen LogP contribution in [0.1, 0.15) is 50.0 Å². The molecule has 9 heteroatoms. The van der Waals surface area contributed by atoms with Gasteiger partial charge in [-0.2, -0.15) is 0 Å². The van der Waals surface area contributed by atoms with Crippen molar-refractivity contribution in [2.45, 2.75) is 45.7 Å². The van der Waals surface area contributed by atoms with Crippen LogP contribution in [-0.2, 0) is 10.3 Å². The summed E-state index contributed by atoms with van der Waals surface area (Å²) >= 11 is 1.36. The third-order valence-electron chi connectivity index (χ3n) is 7.39. The third kappa shape index (κ3) is 6.20. The molecule has 1 fully saturated rings. The molecule has 4 heterocycles. The van der Waals surface area contributed by atoms with Gasteiger partial charge in [0.05, 0.1) is 29.6 Å². The summed E-state index contributed by atoms with van der Waals surface area (Å²) in [6, 6.07) is 10.3. The smallest absolute Gasteiger partial charge is 0.253 e. The minimum atomic E-state index is -0.321. The van der Waals surface area contributed by atoms with E-state index in [1.165, 1.54) is 16.9 Å². The van der Waals surface area contributed by atoms with Crippen molar-refractivity contribution in [3.63, 3.8) is 0 Å². The number of aliphatic imine (C=N–C) groups is 1. The highest BCUT2D eigenvalue weighted by atomic mass is 32.1. The van der Waals surface area contributed by atoms with Crippen molar-refractivity contribution in [2.24, 2.45) is 10.9 Å². The Kier molecular flexibility index (Phi) is 7.55. The molecular formula is C30H36N6O2S. The van der Waals surface area contributed by atoms with Gasteiger partial charge in [0.15, 0.2) is 5.13 Å². The van der Waals surface area contributed by atoms with Crippen LogP contribution in [-0.4, -0.2) is 64.7 Å². The van der Waals surface area contributed by atoms with Crippen molar-refractivity contribution in [3.05, 3.63) is 70.9 Å². The van der Waals surface area contributed by atoms with Crippen molar-refractivity contribution < 1.29 is 9.59 Å². The number of aromatic nitrogens is 2. The largest absolute Gasteiger partial charge is 0.348 e. The molecule has 39 heavy (non-hydrogen) atoms. The van der Waals surface area contributed by atoms with Gasteiger partial charge in [-0.25, -0.2) is 4.98 Å². The summed E-state index contributed by atoms with van der Waals surface area (Å²) in [5, 5.41) is 7.91. The number of nitrogens with zero attached hydrogens (tertiary/aromatic N) is 4. The van der Waals surface area contributed by atoms with Gasteiger partial charge in [-0.1, -0.05) is 25.1 Å². The predicted octanol–water partition coefficient (Wildman–Crippen LogP) is 4.80. The van der Waals surface area contributed by atoms with Crippen LogP contribution in [0, 0.1) is 5.92 Å². The SMILES string of the molecule is CC1C2=CC(c3cccc(-c4csc(NC(=O)CNC(=O)c5ccn(C(C)(C)C)c5)n4)c3)=NC1CCN(C)C2. The lowest BCUT2D eigenvalue weighted by Gasteiger charge is -2.25. The number of carbonyl (C=O) groups is 2. The summed E-state index contributed by atoms with van der Waals surface area (Å²) in [6.07, 6.45) is 6.97. The number of fused-ring (bicyclic) bond motifs is 2. The Morgan fingerprint density at radius 3 is 2.74 bits per heavy atom. The first kappa shape index (κ1) is 27.0.